The van der Waals surface area contributed by atoms with Crippen molar-refractivity contribution in [2.24, 2.45) is 0 Å². The van der Waals surface area contributed by atoms with Crippen LogP contribution in [0.3, 0.4) is 0 Å². The molecule has 0 spiro atoms. The first-order valence-corrected chi connectivity index (χ1v) is 9.66. The fourth-order valence-electron chi connectivity index (χ4n) is 3.33. The fraction of sp³-hybridized carbons (Fsp3) is 0.125. The summed E-state index contributed by atoms with van der Waals surface area (Å²) >= 11 is 0. The van der Waals surface area contributed by atoms with E-state index in [0.29, 0.717) is 40.2 Å². The van der Waals surface area contributed by atoms with Gasteiger partial charge in [-0.05, 0) is 36.4 Å². The van der Waals surface area contributed by atoms with Crippen LogP contribution in [0.4, 0.5) is 0 Å². The Bertz CT molecular complexity index is 1310. The minimum absolute atomic E-state index is 0.223. The van der Waals surface area contributed by atoms with Crippen LogP contribution in [0.15, 0.2) is 77.9 Å². The van der Waals surface area contributed by atoms with Crippen LogP contribution in [0.1, 0.15) is 15.9 Å². The number of benzene rings is 3. The number of hydrogen-bond donors (Lipinski definition) is 1. The number of amides is 1. The van der Waals surface area contributed by atoms with Gasteiger partial charge in [0.2, 0.25) is 0 Å². The lowest BCUT2D eigenvalue weighted by Gasteiger charge is -2.11. The first kappa shape index (κ1) is 20.2. The number of rotatable bonds is 6. The molecule has 0 aliphatic heterocycles. The van der Waals surface area contributed by atoms with E-state index in [9.17, 15) is 9.59 Å². The summed E-state index contributed by atoms with van der Waals surface area (Å²) in [5.41, 5.74) is 2.18. The highest BCUT2D eigenvalue weighted by Crippen LogP contribution is 2.18. The van der Waals surface area contributed by atoms with Gasteiger partial charge in [-0.25, -0.2) is 4.98 Å². The summed E-state index contributed by atoms with van der Waals surface area (Å²) in [5.74, 6) is 1.10. The lowest BCUT2D eigenvalue weighted by molar-refractivity contribution is 0.0951. The predicted molar refractivity (Wildman–Crippen MR) is 118 cm³/mol. The average Bonchev–Trinajstić information content (AvgIpc) is 2.82. The average molecular weight is 415 g/mol. The van der Waals surface area contributed by atoms with Crippen molar-refractivity contribution < 1.29 is 14.3 Å². The molecule has 0 unspecified atom stereocenters. The third-order valence-corrected chi connectivity index (χ3v) is 4.98. The van der Waals surface area contributed by atoms with Crippen molar-refractivity contribution in [3.63, 3.8) is 0 Å². The van der Waals surface area contributed by atoms with Gasteiger partial charge >= 0.3 is 0 Å². The Morgan fingerprint density at radius 1 is 1.00 bits per heavy atom. The number of carbonyl (C=O) groups excluding carboxylic acids is 1. The Morgan fingerprint density at radius 2 is 1.84 bits per heavy atom. The number of carbonyl (C=O) groups is 1. The van der Waals surface area contributed by atoms with Crippen molar-refractivity contribution in [3.8, 4) is 17.2 Å². The third kappa shape index (κ3) is 4.11. The predicted octanol–water partition coefficient (Wildman–Crippen LogP) is 3.33. The first-order valence-electron chi connectivity index (χ1n) is 9.66. The maximum absolute atomic E-state index is 13.0. The maximum atomic E-state index is 13.0. The van der Waals surface area contributed by atoms with E-state index in [4.69, 9.17) is 9.47 Å². The van der Waals surface area contributed by atoms with E-state index in [-0.39, 0.29) is 11.5 Å². The zero-order valence-corrected chi connectivity index (χ0v) is 17.2. The van der Waals surface area contributed by atoms with Gasteiger partial charge in [-0.15, -0.1) is 0 Å². The number of nitrogens with zero attached hydrogens (tertiary/aromatic N) is 2. The van der Waals surface area contributed by atoms with Crippen molar-refractivity contribution in [3.05, 3.63) is 94.5 Å². The molecule has 4 aromatic rings. The standard InChI is InChI=1S/C24H21N3O4/c1-30-19-8-5-7-18(13-19)27-15-26-21-12-16(10-11-20(21)24(27)29)23(28)25-14-17-6-3-4-9-22(17)31-2/h3-13,15H,14H2,1-2H3,(H,25,28). The molecule has 3 aromatic carbocycles. The lowest BCUT2D eigenvalue weighted by atomic mass is 10.1. The number of fused-ring (bicyclic) bond motifs is 1. The summed E-state index contributed by atoms with van der Waals surface area (Å²) in [4.78, 5) is 30.0. The van der Waals surface area contributed by atoms with Crippen molar-refractivity contribution in [1.82, 2.24) is 14.9 Å². The van der Waals surface area contributed by atoms with Crippen molar-refractivity contribution in [2.45, 2.75) is 6.54 Å². The monoisotopic (exact) mass is 415 g/mol. The smallest absolute Gasteiger partial charge is 0.265 e. The fourth-order valence-corrected chi connectivity index (χ4v) is 3.33. The highest BCUT2D eigenvalue weighted by atomic mass is 16.5. The van der Waals surface area contributed by atoms with E-state index < -0.39 is 0 Å². The molecule has 31 heavy (non-hydrogen) atoms. The normalized spacial score (nSPS) is 10.6. The molecule has 0 saturated carbocycles. The minimum atomic E-state index is -0.258. The lowest BCUT2D eigenvalue weighted by Crippen LogP contribution is -2.23. The second-order valence-electron chi connectivity index (χ2n) is 6.85. The van der Waals surface area contributed by atoms with E-state index in [1.807, 2.05) is 24.3 Å². The molecule has 0 radical (unpaired) electrons. The summed E-state index contributed by atoms with van der Waals surface area (Å²) in [7, 11) is 3.16. The Hall–Kier alpha value is -4.13. The van der Waals surface area contributed by atoms with Gasteiger partial charge in [-0.2, -0.15) is 0 Å². The molecule has 0 fully saturated rings. The quantitative estimate of drug-likeness (QED) is 0.522. The number of nitrogens with one attached hydrogen (secondary N) is 1. The second kappa shape index (κ2) is 8.71. The van der Waals surface area contributed by atoms with E-state index in [2.05, 4.69) is 10.3 Å². The summed E-state index contributed by atoms with van der Waals surface area (Å²) in [6.45, 7) is 0.325. The van der Waals surface area contributed by atoms with Gasteiger partial charge in [0.15, 0.2) is 0 Å². The van der Waals surface area contributed by atoms with E-state index in [1.54, 1.807) is 56.7 Å². The van der Waals surface area contributed by atoms with Crippen LogP contribution in [0.2, 0.25) is 0 Å². The largest absolute Gasteiger partial charge is 0.497 e. The number of methoxy groups -OCH3 is 2. The molecular weight excluding hydrogens is 394 g/mol. The molecule has 7 heteroatoms. The summed E-state index contributed by atoms with van der Waals surface area (Å²) < 4.78 is 12.0. The Morgan fingerprint density at radius 3 is 2.65 bits per heavy atom. The minimum Gasteiger partial charge on any atom is -0.497 e. The summed E-state index contributed by atoms with van der Waals surface area (Å²) in [6.07, 6.45) is 1.45. The number of hydrogen-bond acceptors (Lipinski definition) is 5. The van der Waals surface area contributed by atoms with E-state index in [0.717, 1.165) is 5.56 Å². The highest BCUT2D eigenvalue weighted by Gasteiger charge is 2.12. The van der Waals surface area contributed by atoms with Gasteiger partial charge in [0.25, 0.3) is 11.5 Å². The van der Waals surface area contributed by atoms with Crippen LogP contribution in [0.5, 0.6) is 11.5 Å². The van der Waals surface area contributed by atoms with Crippen LogP contribution in [0, 0.1) is 0 Å². The van der Waals surface area contributed by atoms with Crippen molar-refractivity contribution in [2.75, 3.05) is 14.2 Å². The molecule has 1 heterocycles. The van der Waals surface area contributed by atoms with Crippen LogP contribution in [-0.2, 0) is 6.54 Å². The molecular formula is C24H21N3O4. The molecule has 1 N–H and O–H groups in total. The summed E-state index contributed by atoms with van der Waals surface area (Å²) in [5, 5.41) is 3.30. The highest BCUT2D eigenvalue weighted by molar-refractivity contribution is 5.97. The Balaban J connectivity index is 1.59. The molecule has 0 saturated heterocycles. The van der Waals surface area contributed by atoms with Gasteiger partial charge in [0.05, 0.1) is 30.8 Å². The zero-order chi connectivity index (χ0) is 21.8. The van der Waals surface area contributed by atoms with Gasteiger partial charge in [0.1, 0.15) is 17.8 Å². The molecule has 0 aliphatic rings. The Labute approximate surface area is 178 Å². The first-order chi connectivity index (χ1) is 15.1. The van der Waals surface area contributed by atoms with Crippen LogP contribution in [0.25, 0.3) is 16.6 Å². The zero-order valence-electron chi connectivity index (χ0n) is 17.2. The van der Waals surface area contributed by atoms with Gasteiger partial charge < -0.3 is 14.8 Å². The van der Waals surface area contributed by atoms with Crippen molar-refractivity contribution >= 4 is 16.8 Å². The van der Waals surface area contributed by atoms with Crippen molar-refractivity contribution in [1.29, 1.82) is 0 Å². The maximum Gasteiger partial charge on any atom is 0.265 e. The second-order valence-corrected chi connectivity index (χ2v) is 6.85. The molecule has 4 rings (SSSR count). The van der Waals surface area contributed by atoms with Crippen LogP contribution >= 0.6 is 0 Å². The van der Waals surface area contributed by atoms with Gasteiger partial charge in [0, 0.05) is 23.7 Å². The molecule has 0 bridgehead atoms. The van der Waals surface area contributed by atoms with E-state index >= 15 is 0 Å². The molecule has 0 atom stereocenters. The molecule has 156 valence electrons. The number of para-hydroxylation sites is 1. The van der Waals surface area contributed by atoms with Gasteiger partial charge in [-0.3, -0.25) is 14.2 Å². The van der Waals surface area contributed by atoms with Gasteiger partial charge in [-0.1, -0.05) is 24.3 Å². The SMILES string of the molecule is COc1cccc(-n2cnc3cc(C(=O)NCc4ccccc4OC)ccc3c2=O)c1. The van der Waals surface area contributed by atoms with Crippen LogP contribution in [-0.4, -0.2) is 29.7 Å². The Kier molecular flexibility index (Phi) is 5.66. The van der Waals surface area contributed by atoms with Crippen LogP contribution < -0.4 is 20.3 Å². The topological polar surface area (TPSA) is 82.5 Å². The molecule has 7 nitrogen and oxygen atoms in total. The summed E-state index contributed by atoms with van der Waals surface area (Å²) in [6, 6.07) is 19.5. The molecule has 0 aliphatic carbocycles. The molecule has 1 aromatic heterocycles. The molecule has 1 amide bonds. The third-order valence-electron chi connectivity index (χ3n) is 4.98. The number of aromatic nitrogens is 2. The van der Waals surface area contributed by atoms with E-state index in [1.165, 1.54) is 10.9 Å². The number of ether oxygens (including phenoxy) is 2.